The summed E-state index contributed by atoms with van der Waals surface area (Å²) in [6, 6.07) is 15.0. The second kappa shape index (κ2) is 6.72. The van der Waals surface area contributed by atoms with Crippen molar-refractivity contribution in [2.24, 2.45) is 4.99 Å². The second-order valence-electron chi connectivity index (χ2n) is 3.43. The van der Waals surface area contributed by atoms with Crippen LogP contribution < -0.4 is 8.53 Å². The van der Waals surface area contributed by atoms with E-state index in [-0.39, 0.29) is 0 Å². The van der Waals surface area contributed by atoms with E-state index in [4.69, 9.17) is 16.4 Å². The van der Waals surface area contributed by atoms with Gasteiger partial charge in [-0.25, -0.2) is 0 Å². The predicted octanol–water partition coefficient (Wildman–Crippen LogP) is 4.32. The zero-order chi connectivity index (χ0) is 12.8. The highest BCUT2D eigenvalue weighted by atomic mass is 127. The molecule has 0 aliphatic carbocycles. The van der Waals surface area contributed by atoms with Crippen LogP contribution in [0.3, 0.4) is 0 Å². The third kappa shape index (κ3) is 3.44. The average molecular weight is 373 g/mol. The van der Waals surface area contributed by atoms with Gasteiger partial charge in [0.1, 0.15) is 0 Å². The van der Waals surface area contributed by atoms with Crippen LogP contribution in [0.5, 0.6) is 5.75 Å². The molecule has 2 aromatic carbocycles. The fourth-order valence-corrected chi connectivity index (χ4v) is 1.84. The molecular weight excluding hydrogens is 363 g/mol. The van der Waals surface area contributed by atoms with Crippen LogP contribution >= 0.6 is 34.5 Å². The highest BCUT2D eigenvalue weighted by Crippen LogP contribution is 2.24. The molecule has 0 aromatic heterocycles. The first-order valence-electron chi connectivity index (χ1n) is 5.21. The van der Waals surface area contributed by atoms with E-state index in [0.717, 1.165) is 11.3 Å². The van der Waals surface area contributed by atoms with Gasteiger partial charge in [-0.05, 0) is 24.3 Å². The fourth-order valence-electron chi connectivity index (χ4n) is 1.42. The molecule has 3 nitrogen and oxygen atoms in total. The van der Waals surface area contributed by atoms with Crippen molar-refractivity contribution in [2.75, 3.05) is 0 Å². The van der Waals surface area contributed by atoms with Crippen LogP contribution in [-0.4, -0.2) is 6.21 Å². The second-order valence-corrected chi connectivity index (χ2v) is 4.27. The van der Waals surface area contributed by atoms with Crippen molar-refractivity contribution in [1.29, 1.82) is 0 Å². The number of rotatable bonds is 4. The molecule has 18 heavy (non-hydrogen) atoms. The third-order valence-electron chi connectivity index (χ3n) is 2.26. The molecule has 0 fully saturated rings. The smallest absolute Gasteiger partial charge is 0.156 e. The maximum Gasteiger partial charge on any atom is 0.156 e. The summed E-state index contributed by atoms with van der Waals surface area (Å²) >= 11 is 7.95. The van der Waals surface area contributed by atoms with Crippen LogP contribution in [0, 0.1) is 0 Å². The minimum absolute atomic E-state index is 0.624. The number of hydrogen-bond acceptors (Lipinski definition) is 3. The van der Waals surface area contributed by atoms with Gasteiger partial charge in [0.15, 0.2) is 5.75 Å². The number of halogens is 2. The highest BCUT2D eigenvalue weighted by molar-refractivity contribution is 14.1. The minimum atomic E-state index is 0.624. The molecule has 0 saturated heterocycles. The van der Waals surface area contributed by atoms with E-state index in [0.29, 0.717) is 10.8 Å². The Morgan fingerprint density at radius 2 is 1.83 bits per heavy atom. The van der Waals surface area contributed by atoms with Crippen molar-refractivity contribution in [3.8, 4) is 5.75 Å². The lowest BCUT2D eigenvalue weighted by Crippen LogP contribution is -2.05. The van der Waals surface area contributed by atoms with Crippen LogP contribution in [0.2, 0.25) is 5.02 Å². The largest absolute Gasteiger partial charge is 0.398 e. The van der Waals surface area contributed by atoms with Crippen molar-refractivity contribution < 1.29 is 4.84 Å². The Balaban J connectivity index is 2.26. The van der Waals surface area contributed by atoms with E-state index in [1.54, 1.807) is 6.21 Å². The maximum atomic E-state index is 6.03. The fraction of sp³-hybridized carbons (Fsp3) is 0. The molecule has 0 aliphatic rings. The van der Waals surface area contributed by atoms with Crippen LogP contribution in [0.25, 0.3) is 0 Å². The van der Waals surface area contributed by atoms with Crippen LogP contribution in [0.15, 0.2) is 53.5 Å². The topological polar surface area (TPSA) is 33.6 Å². The van der Waals surface area contributed by atoms with Gasteiger partial charge in [-0.2, -0.15) is 0 Å². The Kier molecular flexibility index (Phi) is 4.98. The Labute approximate surface area is 124 Å². The van der Waals surface area contributed by atoms with Gasteiger partial charge >= 0.3 is 0 Å². The van der Waals surface area contributed by atoms with Gasteiger partial charge < -0.3 is 4.84 Å². The van der Waals surface area contributed by atoms with Gasteiger partial charge in [0.05, 0.1) is 33.6 Å². The summed E-state index contributed by atoms with van der Waals surface area (Å²) in [5.41, 5.74) is 1.61. The van der Waals surface area contributed by atoms with E-state index < -0.39 is 0 Å². The van der Waals surface area contributed by atoms with Crippen molar-refractivity contribution in [1.82, 2.24) is 3.69 Å². The first-order valence-corrected chi connectivity index (χ1v) is 6.67. The van der Waals surface area contributed by atoms with Crippen molar-refractivity contribution in [3.05, 3.63) is 59.1 Å². The van der Waals surface area contributed by atoms with Gasteiger partial charge in [0.2, 0.25) is 0 Å². The number of nitrogens with one attached hydrogen (secondary N) is 1. The molecule has 0 saturated carbocycles. The van der Waals surface area contributed by atoms with Crippen molar-refractivity contribution in [2.45, 2.75) is 0 Å². The number of benzene rings is 2. The van der Waals surface area contributed by atoms with E-state index >= 15 is 0 Å². The summed E-state index contributed by atoms with van der Waals surface area (Å²) < 4.78 is 2.62. The number of para-hydroxylation sites is 2. The van der Waals surface area contributed by atoms with Gasteiger partial charge in [-0.15, -0.1) is 0 Å². The average Bonchev–Trinajstić information content (AvgIpc) is 2.40. The normalized spacial score (nSPS) is 10.8. The lowest BCUT2D eigenvalue weighted by atomic mass is 10.2. The van der Waals surface area contributed by atoms with Crippen LogP contribution in [0.1, 0.15) is 5.56 Å². The first-order chi connectivity index (χ1) is 8.81. The molecule has 92 valence electrons. The zero-order valence-electron chi connectivity index (χ0n) is 9.31. The predicted molar refractivity (Wildman–Crippen MR) is 82.9 cm³/mol. The van der Waals surface area contributed by atoms with Crippen LogP contribution in [-0.2, 0) is 0 Å². The zero-order valence-corrected chi connectivity index (χ0v) is 12.2. The standard InChI is InChI=1S/C13H10ClIN2O/c14-11-6-2-3-7-12(11)16-9-10-5-1-4-8-13(10)18-17-15/h1-9,17H. The summed E-state index contributed by atoms with van der Waals surface area (Å²) in [5, 5.41) is 0.624. The molecule has 0 aliphatic heterocycles. The van der Waals surface area contributed by atoms with E-state index in [9.17, 15) is 0 Å². The van der Waals surface area contributed by atoms with Crippen molar-refractivity contribution >= 4 is 46.4 Å². The molecule has 0 heterocycles. The van der Waals surface area contributed by atoms with E-state index in [1.807, 2.05) is 71.4 Å². The number of nitrogens with zero attached hydrogens (tertiary/aromatic N) is 1. The van der Waals surface area contributed by atoms with Gasteiger partial charge in [-0.1, -0.05) is 39.6 Å². The monoisotopic (exact) mass is 372 g/mol. The Morgan fingerprint density at radius 1 is 1.11 bits per heavy atom. The molecule has 0 spiro atoms. The maximum absolute atomic E-state index is 6.03. The minimum Gasteiger partial charge on any atom is -0.398 e. The van der Waals surface area contributed by atoms with E-state index in [2.05, 4.69) is 8.69 Å². The molecule has 5 heteroatoms. The van der Waals surface area contributed by atoms with E-state index in [1.165, 1.54) is 0 Å². The summed E-state index contributed by atoms with van der Waals surface area (Å²) in [4.78, 5) is 9.62. The molecular formula is C13H10ClIN2O. The molecule has 2 aromatic rings. The molecule has 0 bridgehead atoms. The summed E-state index contributed by atoms with van der Waals surface area (Å²) in [6.07, 6.45) is 1.73. The number of aliphatic imine (C=N–C) groups is 1. The molecule has 2 rings (SSSR count). The molecule has 0 radical (unpaired) electrons. The van der Waals surface area contributed by atoms with Gasteiger partial charge in [0.25, 0.3) is 0 Å². The first kappa shape index (κ1) is 13.3. The Morgan fingerprint density at radius 3 is 2.61 bits per heavy atom. The van der Waals surface area contributed by atoms with Crippen molar-refractivity contribution in [3.63, 3.8) is 0 Å². The van der Waals surface area contributed by atoms with Gasteiger partial charge in [0, 0.05) is 11.8 Å². The molecule has 0 atom stereocenters. The Bertz CT molecular complexity index is 560. The van der Waals surface area contributed by atoms with Crippen LogP contribution in [0.4, 0.5) is 5.69 Å². The molecule has 1 N–H and O–H groups in total. The molecule has 0 unspecified atom stereocenters. The van der Waals surface area contributed by atoms with Gasteiger partial charge in [-0.3, -0.25) is 4.99 Å². The lowest BCUT2D eigenvalue weighted by Gasteiger charge is -2.04. The quantitative estimate of drug-likeness (QED) is 0.375. The Hall–Kier alpha value is -1.11. The highest BCUT2D eigenvalue weighted by Gasteiger charge is 2.00. The molecule has 0 amide bonds. The SMILES string of the molecule is Clc1ccccc1N=Cc1ccccc1ONI. The lowest BCUT2D eigenvalue weighted by molar-refractivity contribution is 0.301. The third-order valence-corrected chi connectivity index (χ3v) is 2.80. The summed E-state index contributed by atoms with van der Waals surface area (Å²) in [6.45, 7) is 0. The number of hydrogen-bond donors (Lipinski definition) is 1. The summed E-state index contributed by atoms with van der Waals surface area (Å²) in [5.74, 6) is 0.711. The summed E-state index contributed by atoms with van der Waals surface area (Å²) in [7, 11) is 0.